The molecule has 0 fully saturated rings. The number of hydrogen-bond acceptors (Lipinski definition) is 2. The smallest absolute Gasteiger partial charge is 0.335 e. The van der Waals surface area contributed by atoms with Crippen molar-refractivity contribution in [2.45, 2.75) is 6.61 Å². The molecule has 0 radical (unpaired) electrons. The molecule has 0 saturated carbocycles. The summed E-state index contributed by atoms with van der Waals surface area (Å²) in [6, 6.07) is 9.26. The standard InChI is InChI=1S/C14H10F2O3/c15-11-3-1-2-4-13(11)19-8-10-6-5-9(14(17)18)7-12(10)16/h1-7H,8H2,(H,17,18). The molecule has 2 aromatic rings. The van der Waals surface area contributed by atoms with Crippen LogP contribution in [0.3, 0.4) is 0 Å². The Morgan fingerprint density at radius 2 is 1.84 bits per heavy atom. The fourth-order valence-corrected chi connectivity index (χ4v) is 1.51. The zero-order chi connectivity index (χ0) is 13.8. The third-order valence-corrected chi connectivity index (χ3v) is 2.52. The third-order valence-electron chi connectivity index (χ3n) is 2.52. The van der Waals surface area contributed by atoms with Crippen molar-refractivity contribution in [3.8, 4) is 5.75 Å². The molecule has 1 N–H and O–H groups in total. The largest absolute Gasteiger partial charge is 0.486 e. The van der Waals surface area contributed by atoms with Gasteiger partial charge in [0.1, 0.15) is 12.4 Å². The summed E-state index contributed by atoms with van der Waals surface area (Å²) >= 11 is 0. The molecule has 0 spiro atoms. The molecule has 0 bridgehead atoms. The van der Waals surface area contributed by atoms with Gasteiger partial charge in [0.25, 0.3) is 0 Å². The van der Waals surface area contributed by atoms with Crippen molar-refractivity contribution in [2.75, 3.05) is 0 Å². The zero-order valence-electron chi connectivity index (χ0n) is 9.77. The first-order valence-electron chi connectivity index (χ1n) is 5.47. The number of aromatic carboxylic acids is 1. The molecule has 0 amide bonds. The highest BCUT2D eigenvalue weighted by molar-refractivity contribution is 5.87. The number of carboxylic acids is 1. The van der Waals surface area contributed by atoms with Crippen LogP contribution < -0.4 is 4.74 Å². The minimum Gasteiger partial charge on any atom is -0.486 e. The highest BCUT2D eigenvalue weighted by atomic mass is 19.1. The van der Waals surface area contributed by atoms with E-state index >= 15 is 0 Å². The summed E-state index contributed by atoms with van der Waals surface area (Å²) in [5.41, 5.74) is 0.0143. The van der Waals surface area contributed by atoms with Crippen LogP contribution in [0, 0.1) is 11.6 Å². The number of carboxylic acid groups (broad SMARTS) is 1. The van der Waals surface area contributed by atoms with Crippen molar-refractivity contribution in [1.82, 2.24) is 0 Å². The molecule has 0 heterocycles. The lowest BCUT2D eigenvalue weighted by Crippen LogP contribution is -2.03. The summed E-state index contributed by atoms with van der Waals surface area (Å²) in [6.07, 6.45) is 0. The highest BCUT2D eigenvalue weighted by Crippen LogP contribution is 2.18. The molecule has 2 rings (SSSR count). The van der Waals surface area contributed by atoms with Crippen LogP contribution in [0.4, 0.5) is 8.78 Å². The molecule has 0 aromatic heterocycles. The van der Waals surface area contributed by atoms with Gasteiger partial charge in [-0.2, -0.15) is 0 Å². The van der Waals surface area contributed by atoms with E-state index in [0.717, 1.165) is 6.07 Å². The predicted octanol–water partition coefficient (Wildman–Crippen LogP) is 3.24. The Bertz CT molecular complexity index is 611. The van der Waals surface area contributed by atoms with Gasteiger partial charge in [-0.15, -0.1) is 0 Å². The molecule has 2 aromatic carbocycles. The highest BCUT2D eigenvalue weighted by Gasteiger charge is 2.09. The third kappa shape index (κ3) is 3.07. The lowest BCUT2D eigenvalue weighted by molar-refractivity contribution is 0.0696. The van der Waals surface area contributed by atoms with E-state index in [2.05, 4.69) is 0 Å². The SMILES string of the molecule is O=C(O)c1ccc(COc2ccccc2F)c(F)c1. The van der Waals surface area contributed by atoms with E-state index in [-0.39, 0.29) is 23.5 Å². The van der Waals surface area contributed by atoms with Crippen LogP contribution in [0.1, 0.15) is 15.9 Å². The first-order chi connectivity index (χ1) is 9.08. The Labute approximate surface area is 108 Å². The predicted molar refractivity (Wildman–Crippen MR) is 64.1 cm³/mol. The molecular formula is C14H10F2O3. The van der Waals surface area contributed by atoms with Gasteiger partial charge < -0.3 is 9.84 Å². The summed E-state index contributed by atoms with van der Waals surface area (Å²) in [4.78, 5) is 10.6. The van der Waals surface area contributed by atoms with Gasteiger partial charge in [-0.05, 0) is 24.3 Å². The van der Waals surface area contributed by atoms with E-state index in [1.807, 2.05) is 0 Å². The van der Waals surface area contributed by atoms with Crippen LogP contribution in [-0.4, -0.2) is 11.1 Å². The first-order valence-corrected chi connectivity index (χ1v) is 5.47. The van der Waals surface area contributed by atoms with E-state index in [1.54, 1.807) is 6.07 Å². The molecule has 0 unspecified atom stereocenters. The summed E-state index contributed by atoms with van der Waals surface area (Å²) in [5, 5.41) is 8.70. The van der Waals surface area contributed by atoms with Crippen LogP contribution >= 0.6 is 0 Å². The monoisotopic (exact) mass is 264 g/mol. The molecule has 0 aliphatic rings. The Balaban J connectivity index is 2.12. The van der Waals surface area contributed by atoms with Crippen molar-refractivity contribution >= 4 is 5.97 Å². The molecule has 3 nitrogen and oxygen atoms in total. The van der Waals surface area contributed by atoms with Gasteiger partial charge in [-0.1, -0.05) is 18.2 Å². The molecule has 98 valence electrons. The van der Waals surface area contributed by atoms with Crippen LogP contribution in [0.5, 0.6) is 5.75 Å². The molecular weight excluding hydrogens is 254 g/mol. The van der Waals surface area contributed by atoms with Crippen molar-refractivity contribution < 1.29 is 23.4 Å². The Kier molecular flexibility index (Phi) is 3.75. The summed E-state index contributed by atoms with van der Waals surface area (Å²) < 4.78 is 32.0. The number of rotatable bonds is 4. The van der Waals surface area contributed by atoms with Gasteiger partial charge in [-0.3, -0.25) is 0 Å². The molecule has 0 atom stereocenters. The van der Waals surface area contributed by atoms with Gasteiger partial charge in [0.15, 0.2) is 11.6 Å². The van der Waals surface area contributed by atoms with Crippen LogP contribution in [0.25, 0.3) is 0 Å². The average molecular weight is 264 g/mol. The van der Waals surface area contributed by atoms with Crippen molar-refractivity contribution in [3.63, 3.8) is 0 Å². The van der Waals surface area contributed by atoms with Gasteiger partial charge in [0.2, 0.25) is 0 Å². The Morgan fingerprint density at radius 3 is 2.47 bits per heavy atom. The van der Waals surface area contributed by atoms with E-state index in [1.165, 1.54) is 30.3 Å². The number of carbonyl (C=O) groups is 1. The van der Waals surface area contributed by atoms with E-state index in [4.69, 9.17) is 9.84 Å². The minimum atomic E-state index is -1.21. The second kappa shape index (κ2) is 5.48. The van der Waals surface area contributed by atoms with Gasteiger partial charge in [0.05, 0.1) is 5.56 Å². The second-order valence-electron chi connectivity index (χ2n) is 3.83. The van der Waals surface area contributed by atoms with E-state index in [9.17, 15) is 13.6 Å². The Hall–Kier alpha value is -2.43. The summed E-state index contributed by atoms with van der Waals surface area (Å²) in [5.74, 6) is -2.43. The summed E-state index contributed by atoms with van der Waals surface area (Å²) in [6.45, 7) is -0.174. The lowest BCUT2D eigenvalue weighted by Gasteiger charge is -2.08. The first kappa shape index (κ1) is 13.0. The van der Waals surface area contributed by atoms with Gasteiger partial charge >= 0.3 is 5.97 Å². The van der Waals surface area contributed by atoms with Gasteiger partial charge in [0, 0.05) is 5.56 Å². The zero-order valence-corrected chi connectivity index (χ0v) is 9.77. The minimum absolute atomic E-state index is 0.0178. The molecule has 0 saturated heterocycles. The van der Waals surface area contributed by atoms with Crippen molar-refractivity contribution in [2.24, 2.45) is 0 Å². The number of halogens is 2. The average Bonchev–Trinajstić information content (AvgIpc) is 2.39. The van der Waals surface area contributed by atoms with Crippen molar-refractivity contribution in [1.29, 1.82) is 0 Å². The molecule has 0 aliphatic carbocycles. The van der Waals surface area contributed by atoms with Crippen molar-refractivity contribution in [3.05, 3.63) is 65.2 Å². The maximum Gasteiger partial charge on any atom is 0.335 e. The number of benzene rings is 2. The lowest BCUT2D eigenvalue weighted by atomic mass is 10.1. The summed E-state index contributed by atoms with van der Waals surface area (Å²) in [7, 11) is 0. The molecule has 5 heteroatoms. The fraction of sp³-hybridized carbons (Fsp3) is 0.0714. The number of para-hydroxylation sites is 1. The van der Waals surface area contributed by atoms with E-state index in [0.29, 0.717) is 0 Å². The van der Waals surface area contributed by atoms with E-state index < -0.39 is 17.6 Å². The van der Waals surface area contributed by atoms with Crippen LogP contribution in [-0.2, 0) is 6.61 Å². The topological polar surface area (TPSA) is 46.5 Å². The molecule has 19 heavy (non-hydrogen) atoms. The Morgan fingerprint density at radius 1 is 1.11 bits per heavy atom. The quantitative estimate of drug-likeness (QED) is 0.922. The molecule has 0 aliphatic heterocycles. The number of hydrogen-bond donors (Lipinski definition) is 1. The second-order valence-corrected chi connectivity index (χ2v) is 3.83. The normalized spacial score (nSPS) is 10.2. The maximum atomic E-state index is 13.6. The van der Waals surface area contributed by atoms with Crippen LogP contribution in [0.15, 0.2) is 42.5 Å². The maximum absolute atomic E-state index is 13.6. The van der Waals surface area contributed by atoms with Crippen LogP contribution in [0.2, 0.25) is 0 Å². The van der Waals surface area contributed by atoms with Gasteiger partial charge in [-0.25, -0.2) is 13.6 Å². The number of ether oxygens (including phenoxy) is 1. The fourth-order valence-electron chi connectivity index (χ4n) is 1.51.